The Morgan fingerprint density at radius 2 is 2.17 bits per heavy atom. The summed E-state index contributed by atoms with van der Waals surface area (Å²) in [5, 5.41) is 11.8. The van der Waals surface area contributed by atoms with Gasteiger partial charge in [0.25, 0.3) is 5.56 Å². The first kappa shape index (κ1) is 15.0. The summed E-state index contributed by atoms with van der Waals surface area (Å²) in [4.78, 5) is 17.6. The molecule has 1 N–H and O–H groups in total. The van der Waals surface area contributed by atoms with Crippen LogP contribution in [-0.4, -0.2) is 14.7 Å². The second kappa shape index (κ2) is 5.50. The smallest absolute Gasteiger partial charge is 0.264 e. The van der Waals surface area contributed by atoms with Gasteiger partial charge in [0.2, 0.25) is 0 Å². The number of fused-ring (bicyclic) bond motifs is 1. The number of rotatable bonds is 3. The van der Waals surface area contributed by atoms with E-state index in [2.05, 4.69) is 10.9 Å². The summed E-state index contributed by atoms with van der Waals surface area (Å²) in [7, 11) is 0. The van der Waals surface area contributed by atoms with E-state index in [1.165, 1.54) is 15.9 Å². The van der Waals surface area contributed by atoms with Crippen molar-refractivity contribution in [3.05, 3.63) is 45.2 Å². The molecule has 1 fully saturated rings. The maximum Gasteiger partial charge on any atom is 0.264 e. The summed E-state index contributed by atoms with van der Waals surface area (Å²) < 4.78 is 2.14. The molecule has 0 aliphatic heterocycles. The second-order valence-corrected chi connectivity index (χ2v) is 7.14. The maximum atomic E-state index is 13.0. The summed E-state index contributed by atoms with van der Waals surface area (Å²) in [5.74, 6) is 3.00. The molecule has 1 aromatic carbocycles. The van der Waals surface area contributed by atoms with Crippen molar-refractivity contribution < 1.29 is 5.11 Å². The molecule has 5 heteroatoms. The molecule has 1 aliphatic rings. The van der Waals surface area contributed by atoms with Crippen molar-refractivity contribution >= 4 is 21.7 Å². The Kier molecular flexibility index (Phi) is 3.43. The molecule has 1 saturated carbocycles. The quantitative estimate of drug-likeness (QED) is 0.743. The van der Waals surface area contributed by atoms with Crippen molar-refractivity contribution in [2.45, 2.75) is 32.2 Å². The Balaban J connectivity index is 2.09. The van der Waals surface area contributed by atoms with Crippen LogP contribution in [0.5, 0.6) is 5.75 Å². The van der Waals surface area contributed by atoms with Crippen molar-refractivity contribution in [1.82, 2.24) is 9.55 Å². The predicted molar refractivity (Wildman–Crippen MR) is 96.5 cm³/mol. The van der Waals surface area contributed by atoms with E-state index in [9.17, 15) is 9.90 Å². The Labute approximate surface area is 143 Å². The zero-order valence-corrected chi connectivity index (χ0v) is 14.1. The third-order valence-electron chi connectivity index (χ3n) is 4.38. The number of thiazole rings is 1. The van der Waals surface area contributed by atoms with Crippen molar-refractivity contribution in [3.8, 4) is 29.2 Å². The number of benzene rings is 1. The highest BCUT2D eigenvalue weighted by Gasteiger charge is 2.29. The molecule has 0 amide bonds. The Hall–Kier alpha value is -2.58. The van der Waals surface area contributed by atoms with Gasteiger partial charge in [0.15, 0.2) is 5.65 Å². The average Bonchev–Trinajstić information content (AvgIpc) is 3.32. The Morgan fingerprint density at radius 1 is 1.42 bits per heavy atom. The van der Waals surface area contributed by atoms with Gasteiger partial charge in [-0.25, -0.2) is 4.98 Å². The van der Waals surface area contributed by atoms with Gasteiger partial charge in [-0.2, -0.15) is 0 Å². The molecule has 1 aliphatic carbocycles. The zero-order valence-electron chi connectivity index (χ0n) is 13.2. The molecule has 3 aromatic rings. The molecule has 0 bridgehead atoms. The van der Waals surface area contributed by atoms with Crippen LogP contribution in [0.2, 0.25) is 0 Å². The molecular weight excluding hydrogens is 320 g/mol. The molecule has 0 spiro atoms. The fourth-order valence-electron chi connectivity index (χ4n) is 2.95. The van der Waals surface area contributed by atoms with Crippen molar-refractivity contribution in [1.29, 1.82) is 0 Å². The molecule has 0 atom stereocenters. The Bertz CT molecular complexity index is 1050. The first-order valence-electron chi connectivity index (χ1n) is 7.87. The van der Waals surface area contributed by atoms with Gasteiger partial charge < -0.3 is 5.11 Å². The number of aromatic nitrogens is 2. The maximum absolute atomic E-state index is 13.0. The minimum Gasteiger partial charge on any atom is -0.505 e. The molecule has 4 rings (SSSR count). The minimum atomic E-state index is -0.292. The summed E-state index contributed by atoms with van der Waals surface area (Å²) in [6.07, 6.45) is 7.69. The largest absolute Gasteiger partial charge is 0.505 e. The summed E-state index contributed by atoms with van der Waals surface area (Å²) >= 11 is 1.47. The third-order valence-corrected chi connectivity index (χ3v) is 5.60. The fraction of sp³-hybridized carbons (Fsp3) is 0.263. The van der Waals surface area contributed by atoms with Crippen LogP contribution in [0.3, 0.4) is 0 Å². The van der Waals surface area contributed by atoms with Gasteiger partial charge in [0.05, 0.1) is 17.1 Å². The van der Waals surface area contributed by atoms with Gasteiger partial charge in [0.1, 0.15) is 10.4 Å². The molecule has 0 unspecified atom stereocenters. The monoisotopic (exact) mass is 336 g/mol. The molecule has 0 radical (unpaired) electrons. The zero-order chi connectivity index (χ0) is 16.8. The second-order valence-electron chi connectivity index (χ2n) is 6.11. The van der Waals surface area contributed by atoms with Crippen LogP contribution in [0.1, 0.15) is 29.3 Å². The minimum absolute atomic E-state index is 0.0157. The topological polar surface area (TPSA) is 55.1 Å². The van der Waals surface area contributed by atoms with Gasteiger partial charge in [-0.1, -0.05) is 30.2 Å². The van der Waals surface area contributed by atoms with E-state index in [4.69, 9.17) is 6.42 Å². The van der Waals surface area contributed by atoms with Crippen LogP contribution in [0, 0.1) is 19.3 Å². The highest BCUT2D eigenvalue weighted by Crippen LogP contribution is 2.46. The SMILES string of the molecule is C#CCn1c(=O)c(-c2ccccc2C)c(O)c2sc(C3CC3)nc21. The van der Waals surface area contributed by atoms with E-state index in [1.807, 2.05) is 31.2 Å². The lowest BCUT2D eigenvalue weighted by atomic mass is 10.0. The van der Waals surface area contributed by atoms with Gasteiger partial charge in [-0.05, 0) is 30.9 Å². The normalized spacial score (nSPS) is 14.0. The standard InChI is InChI=1S/C19H16N2O2S/c1-3-10-21-17-16(24-18(20-17)12-8-9-12)15(22)14(19(21)23)13-7-5-4-6-11(13)2/h1,4-7,12,22H,8-10H2,2H3. The van der Waals surface area contributed by atoms with Crippen molar-refractivity contribution in [2.75, 3.05) is 0 Å². The third kappa shape index (κ3) is 2.22. The average molecular weight is 336 g/mol. The molecule has 2 aromatic heterocycles. The number of hydrogen-bond acceptors (Lipinski definition) is 4. The van der Waals surface area contributed by atoms with Crippen LogP contribution in [0.25, 0.3) is 21.5 Å². The number of nitrogens with zero attached hydrogens (tertiary/aromatic N) is 2. The highest BCUT2D eigenvalue weighted by molar-refractivity contribution is 7.19. The lowest BCUT2D eigenvalue weighted by Crippen LogP contribution is -2.22. The van der Waals surface area contributed by atoms with E-state index in [0.29, 0.717) is 21.8 Å². The van der Waals surface area contributed by atoms with Gasteiger partial charge in [-0.3, -0.25) is 9.36 Å². The van der Waals surface area contributed by atoms with Crippen LogP contribution >= 0.6 is 11.3 Å². The molecule has 0 saturated heterocycles. The summed E-state index contributed by atoms with van der Waals surface area (Å²) in [5.41, 5.74) is 2.18. The van der Waals surface area contributed by atoms with Crippen molar-refractivity contribution in [2.24, 2.45) is 0 Å². The van der Waals surface area contributed by atoms with E-state index < -0.39 is 0 Å². The van der Waals surface area contributed by atoms with Crippen LogP contribution < -0.4 is 5.56 Å². The van der Waals surface area contributed by atoms with Gasteiger partial charge in [-0.15, -0.1) is 17.8 Å². The lowest BCUT2D eigenvalue weighted by molar-refractivity contribution is 0.482. The van der Waals surface area contributed by atoms with E-state index in [1.54, 1.807) is 0 Å². The number of aromatic hydroxyl groups is 1. The van der Waals surface area contributed by atoms with Crippen LogP contribution in [0.15, 0.2) is 29.1 Å². The first-order valence-corrected chi connectivity index (χ1v) is 8.69. The van der Waals surface area contributed by atoms with Crippen LogP contribution in [-0.2, 0) is 6.54 Å². The highest BCUT2D eigenvalue weighted by atomic mass is 32.1. The van der Waals surface area contributed by atoms with E-state index >= 15 is 0 Å². The number of hydrogen-bond donors (Lipinski definition) is 1. The summed E-state index contributed by atoms with van der Waals surface area (Å²) in [6.45, 7) is 2.06. The predicted octanol–water partition coefficient (Wildman–Crippen LogP) is 3.65. The molecule has 24 heavy (non-hydrogen) atoms. The molecule has 4 nitrogen and oxygen atoms in total. The Morgan fingerprint density at radius 3 is 2.83 bits per heavy atom. The molecular formula is C19H16N2O2S. The fourth-order valence-corrected chi connectivity index (χ4v) is 4.14. The van der Waals surface area contributed by atoms with Crippen molar-refractivity contribution in [3.63, 3.8) is 0 Å². The van der Waals surface area contributed by atoms with E-state index in [-0.39, 0.29) is 17.9 Å². The first-order chi connectivity index (χ1) is 11.6. The number of terminal acetylenes is 1. The van der Waals surface area contributed by atoms with Gasteiger partial charge >= 0.3 is 0 Å². The lowest BCUT2D eigenvalue weighted by Gasteiger charge is -2.11. The summed E-state index contributed by atoms with van der Waals surface area (Å²) in [6, 6.07) is 7.54. The van der Waals surface area contributed by atoms with Crippen LogP contribution in [0.4, 0.5) is 0 Å². The molecule has 2 heterocycles. The van der Waals surface area contributed by atoms with E-state index in [0.717, 1.165) is 29.0 Å². The van der Waals surface area contributed by atoms with Gasteiger partial charge in [0, 0.05) is 5.92 Å². The molecule has 120 valence electrons. The number of aryl methyl sites for hydroxylation is 1. The number of pyridine rings is 1.